The molecular formula is C16H25NO3. The van der Waals surface area contributed by atoms with Crippen molar-refractivity contribution in [2.75, 3.05) is 6.61 Å². The molecule has 1 unspecified atom stereocenters. The third kappa shape index (κ3) is 5.21. The largest absolute Gasteiger partial charge is 0.483 e. The predicted octanol–water partition coefficient (Wildman–Crippen LogP) is 2.73. The van der Waals surface area contributed by atoms with Crippen LogP contribution in [-0.2, 0) is 4.79 Å². The first-order chi connectivity index (χ1) is 9.43. The van der Waals surface area contributed by atoms with Crippen LogP contribution in [0.4, 0.5) is 0 Å². The highest BCUT2D eigenvalue weighted by molar-refractivity contribution is 5.77. The molecule has 4 nitrogen and oxygen atoms in total. The Kier molecular flexibility index (Phi) is 6.52. The normalized spacial score (nSPS) is 13.7. The van der Waals surface area contributed by atoms with E-state index in [1.807, 2.05) is 32.0 Å². The lowest BCUT2D eigenvalue weighted by Crippen LogP contribution is -2.36. The molecule has 112 valence electrons. The number of hydrogen-bond acceptors (Lipinski definition) is 3. The van der Waals surface area contributed by atoms with Gasteiger partial charge in [-0.3, -0.25) is 4.79 Å². The Morgan fingerprint density at radius 3 is 2.70 bits per heavy atom. The summed E-state index contributed by atoms with van der Waals surface area (Å²) in [6, 6.07) is 5.74. The molecule has 0 heterocycles. The zero-order chi connectivity index (χ0) is 15.1. The van der Waals surface area contributed by atoms with Crippen LogP contribution in [0.15, 0.2) is 18.2 Å². The lowest BCUT2D eigenvalue weighted by atomic mass is 10.1. The molecule has 0 aromatic heterocycles. The monoisotopic (exact) mass is 279 g/mol. The summed E-state index contributed by atoms with van der Waals surface area (Å²) in [6.07, 6.45) is 1.37. The summed E-state index contributed by atoms with van der Waals surface area (Å²) >= 11 is 0. The third-order valence-corrected chi connectivity index (χ3v) is 3.11. The smallest absolute Gasteiger partial charge is 0.258 e. The first kappa shape index (κ1) is 16.5. The van der Waals surface area contributed by atoms with Gasteiger partial charge in [0, 0.05) is 11.6 Å². The molecule has 0 aliphatic rings. The Labute approximate surface area is 121 Å². The van der Waals surface area contributed by atoms with E-state index in [1.165, 1.54) is 0 Å². The fourth-order valence-electron chi connectivity index (χ4n) is 2.08. The van der Waals surface area contributed by atoms with E-state index in [2.05, 4.69) is 12.2 Å². The van der Waals surface area contributed by atoms with Crippen LogP contribution in [-0.4, -0.2) is 23.7 Å². The number of ether oxygens (including phenoxy) is 1. The zero-order valence-electron chi connectivity index (χ0n) is 12.8. The Balaban J connectivity index is 2.61. The van der Waals surface area contributed by atoms with Gasteiger partial charge in [-0.1, -0.05) is 25.5 Å². The number of aryl methyl sites for hydroxylation is 1. The highest BCUT2D eigenvalue weighted by Gasteiger charge is 2.12. The molecule has 0 aliphatic heterocycles. The van der Waals surface area contributed by atoms with E-state index in [0.717, 1.165) is 18.4 Å². The molecule has 20 heavy (non-hydrogen) atoms. The summed E-state index contributed by atoms with van der Waals surface area (Å²) in [5.41, 5.74) is 1.73. The molecule has 0 radical (unpaired) electrons. The SMILES string of the molecule is CCCC(C)NC(=O)COc1cc(C)ccc1[C@@H](C)O. The standard InChI is InChI=1S/C16H25NO3/c1-5-6-12(3)17-16(19)10-20-15-9-11(2)7-8-14(15)13(4)18/h7-9,12-13,18H,5-6,10H2,1-4H3,(H,17,19)/t12?,13-/m1/s1. The van der Waals surface area contributed by atoms with Crippen molar-refractivity contribution in [1.29, 1.82) is 0 Å². The van der Waals surface area contributed by atoms with Gasteiger partial charge >= 0.3 is 0 Å². The molecule has 0 bridgehead atoms. The van der Waals surface area contributed by atoms with Gasteiger partial charge in [0.05, 0.1) is 6.10 Å². The molecule has 0 spiro atoms. The number of benzene rings is 1. The number of rotatable bonds is 7. The second-order valence-electron chi connectivity index (χ2n) is 5.26. The Morgan fingerprint density at radius 1 is 1.40 bits per heavy atom. The average molecular weight is 279 g/mol. The number of aliphatic hydroxyl groups excluding tert-OH is 1. The van der Waals surface area contributed by atoms with E-state index >= 15 is 0 Å². The molecule has 1 amide bonds. The van der Waals surface area contributed by atoms with E-state index in [0.29, 0.717) is 11.3 Å². The maximum Gasteiger partial charge on any atom is 0.258 e. The molecule has 2 N–H and O–H groups in total. The number of amides is 1. The van der Waals surface area contributed by atoms with Crippen LogP contribution >= 0.6 is 0 Å². The van der Waals surface area contributed by atoms with Crippen LogP contribution in [0.5, 0.6) is 5.75 Å². The molecule has 0 saturated carbocycles. The van der Waals surface area contributed by atoms with E-state index in [-0.39, 0.29) is 18.6 Å². The van der Waals surface area contributed by atoms with Crippen molar-refractivity contribution in [2.24, 2.45) is 0 Å². The number of carbonyl (C=O) groups excluding carboxylic acids is 1. The zero-order valence-corrected chi connectivity index (χ0v) is 12.8. The number of hydrogen-bond donors (Lipinski definition) is 2. The van der Waals surface area contributed by atoms with E-state index in [9.17, 15) is 9.90 Å². The molecular weight excluding hydrogens is 254 g/mol. The highest BCUT2D eigenvalue weighted by Crippen LogP contribution is 2.26. The fraction of sp³-hybridized carbons (Fsp3) is 0.562. The highest BCUT2D eigenvalue weighted by atomic mass is 16.5. The molecule has 0 fully saturated rings. The molecule has 4 heteroatoms. The van der Waals surface area contributed by atoms with Crippen LogP contribution in [0.2, 0.25) is 0 Å². The van der Waals surface area contributed by atoms with Gasteiger partial charge in [0.25, 0.3) is 5.91 Å². The van der Waals surface area contributed by atoms with Gasteiger partial charge in [-0.05, 0) is 38.8 Å². The average Bonchev–Trinajstić information content (AvgIpc) is 2.36. The number of aliphatic hydroxyl groups is 1. The minimum absolute atomic E-state index is 0.0305. The summed E-state index contributed by atoms with van der Waals surface area (Å²) in [5, 5.41) is 12.6. The van der Waals surface area contributed by atoms with Crippen LogP contribution in [0.1, 0.15) is 50.8 Å². The molecule has 1 aromatic rings. The summed E-state index contributed by atoms with van der Waals surface area (Å²) in [7, 11) is 0. The van der Waals surface area contributed by atoms with E-state index in [4.69, 9.17) is 4.74 Å². The van der Waals surface area contributed by atoms with Crippen LogP contribution in [0.3, 0.4) is 0 Å². The van der Waals surface area contributed by atoms with Crippen molar-refractivity contribution in [3.05, 3.63) is 29.3 Å². The molecule has 0 saturated heterocycles. The summed E-state index contributed by atoms with van der Waals surface area (Å²) < 4.78 is 5.55. The maximum absolute atomic E-state index is 11.8. The van der Waals surface area contributed by atoms with E-state index < -0.39 is 6.10 Å². The summed E-state index contributed by atoms with van der Waals surface area (Å²) in [4.78, 5) is 11.8. The van der Waals surface area contributed by atoms with Crippen molar-refractivity contribution in [3.8, 4) is 5.75 Å². The van der Waals surface area contributed by atoms with Gasteiger partial charge in [0.15, 0.2) is 6.61 Å². The molecule has 1 aromatic carbocycles. The van der Waals surface area contributed by atoms with E-state index in [1.54, 1.807) is 6.92 Å². The number of nitrogens with one attached hydrogen (secondary N) is 1. The molecule has 0 aliphatic carbocycles. The quantitative estimate of drug-likeness (QED) is 0.807. The molecule has 1 rings (SSSR count). The second-order valence-corrected chi connectivity index (χ2v) is 5.26. The van der Waals surface area contributed by atoms with Crippen molar-refractivity contribution in [1.82, 2.24) is 5.32 Å². The second kappa shape index (κ2) is 7.90. The van der Waals surface area contributed by atoms with Crippen molar-refractivity contribution >= 4 is 5.91 Å². The van der Waals surface area contributed by atoms with Crippen LogP contribution < -0.4 is 10.1 Å². The van der Waals surface area contributed by atoms with Crippen LogP contribution in [0.25, 0.3) is 0 Å². The topological polar surface area (TPSA) is 58.6 Å². The van der Waals surface area contributed by atoms with Crippen molar-refractivity contribution < 1.29 is 14.6 Å². The Morgan fingerprint density at radius 2 is 2.10 bits per heavy atom. The minimum atomic E-state index is -0.618. The maximum atomic E-state index is 11.8. The minimum Gasteiger partial charge on any atom is -0.483 e. The summed E-state index contributed by atoms with van der Waals surface area (Å²) in [5.74, 6) is 0.433. The van der Waals surface area contributed by atoms with Gasteiger partial charge in [-0.2, -0.15) is 0 Å². The van der Waals surface area contributed by atoms with Crippen molar-refractivity contribution in [2.45, 2.75) is 52.7 Å². The van der Waals surface area contributed by atoms with Gasteiger partial charge in [0.1, 0.15) is 5.75 Å². The first-order valence-corrected chi connectivity index (χ1v) is 7.14. The van der Waals surface area contributed by atoms with Gasteiger partial charge in [-0.25, -0.2) is 0 Å². The van der Waals surface area contributed by atoms with Crippen LogP contribution in [0, 0.1) is 6.92 Å². The molecule has 2 atom stereocenters. The number of carbonyl (C=O) groups is 1. The Bertz CT molecular complexity index is 443. The lowest BCUT2D eigenvalue weighted by molar-refractivity contribution is -0.123. The first-order valence-electron chi connectivity index (χ1n) is 7.14. The Hall–Kier alpha value is -1.55. The predicted molar refractivity (Wildman–Crippen MR) is 79.8 cm³/mol. The summed E-state index contributed by atoms with van der Waals surface area (Å²) in [6.45, 7) is 7.66. The van der Waals surface area contributed by atoms with Gasteiger partial charge < -0.3 is 15.2 Å². The lowest BCUT2D eigenvalue weighted by Gasteiger charge is -2.16. The third-order valence-electron chi connectivity index (χ3n) is 3.11. The van der Waals surface area contributed by atoms with Gasteiger partial charge in [0.2, 0.25) is 0 Å². The fourth-order valence-corrected chi connectivity index (χ4v) is 2.08. The van der Waals surface area contributed by atoms with Crippen molar-refractivity contribution in [3.63, 3.8) is 0 Å². The van der Waals surface area contributed by atoms with Gasteiger partial charge in [-0.15, -0.1) is 0 Å².